The molecule has 8 nitrogen and oxygen atoms in total. The van der Waals surface area contributed by atoms with Crippen molar-refractivity contribution in [2.45, 2.75) is 81.8 Å². The molecule has 0 aliphatic carbocycles. The molecule has 10 heteroatoms. The Kier molecular flexibility index (Phi) is 9.08. The molecule has 2 aliphatic heterocycles. The summed E-state index contributed by atoms with van der Waals surface area (Å²) in [5.41, 5.74) is 8.91. The standard InChI is InChI=1S/C28H40O8P2/c1-9-33-37(29,34-10-2)27-19(7)23-15-31-13-21(23)17(5)25(27)26-18(6)22-14-32-16-24(22)20(8)28(26)38(30,35-11-3)36-12-4/h9-16H2,1-8H3. The van der Waals surface area contributed by atoms with Crippen LogP contribution in [0.1, 0.15) is 72.2 Å². The van der Waals surface area contributed by atoms with Gasteiger partial charge in [-0.25, -0.2) is 0 Å². The zero-order chi connectivity index (χ0) is 27.8. The molecule has 4 rings (SSSR count). The minimum absolute atomic E-state index is 0.210. The van der Waals surface area contributed by atoms with Crippen molar-refractivity contribution in [1.29, 1.82) is 0 Å². The number of hydrogen-bond acceptors (Lipinski definition) is 8. The third-order valence-corrected chi connectivity index (χ3v) is 12.1. The van der Waals surface area contributed by atoms with E-state index in [0.717, 1.165) is 44.5 Å². The van der Waals surface area contributed by atoms with Crippen LogP contribution in [0.4, 0.5) is 0 Å². The maximum Gasteiger partial charge on any atom is 0.362 e. The van der Waals surface area contributed by atoms with Crippen LogP contribution in [-0.4, -0.2) is 26.4 Å². The summed E-state index contributed by atoms with van der Waals surface area (Å²) in [5.74, 6) is 0. The van der Waals surface area contributed by atoms with Gasteiger partial charge >= 0.3 is 15.2 Å². The van der Waals surface area contributed by atoms with E-state index in [1.807, 2.05) is 27.7 Å². The Balaban J connectivity index is 2.25. The van der Waals surface area contributed by atoms with E-state index in [0.29, 0.717) is 48.2 Å². The van der Waals surface area contributed by atoms with E-state index in [1.165, 1.54) is 0 Å². The van der Waals surface area contributed by atoms with E-state index in [1.54, 1.807) is 27.7 Å². The van der Waals surface area contributed by atoms with E-state index in [-0.39, 0.29) is 26.4 Å². The van der Waals surface area contributed by atoms with Crippen LogP contribution in [0, 0.1) is 27.7 Å². The Bertz CT molecular complexity index is 1210. The van der Waals surface area contributed by atoms with Crippen LogP contribution in [0.2, 0.25) is 0 Å². The van der Waals surface area contributed by atoms with Crippen molar-refractivity contribution in [2.75, 3.05) is 26.4 Å². The summed E-state index contributed by atoms with van der Waals surface area (Å²) in [5, 5.41) is 0.982. The summed E-state index contributed by atoms with van der Waals surface area (Å²) in [7, 11) is -7.57. The molecule has 2 aromatic carbocycles. The number of ether oxygens (including phenoxy) is 2. The van der Waals surface area contributed by atoms with Crippen molar-refractivity contribution in [2.24, 2.45) is 0 Å². The molecule has 0 fully saturated rings. The van der Waals surface area contributed by atoms with Gasteiger partial charge in [0.2, 0.25) is 0 Å². The third-order valence-electron chi connectivity index (χ3n) is 7.45. The molecule has 0 unspecified atom stereocenters. The maximum atomic E-state index is 14.6. The van der Waals surface area contributed by atoms with Crippen LogP contribution in [-0.2, 0) is 63.1 Å². The maximum absolute atomic E-state index is 14.6. The fourth-order valence-corrected chi connectivity index (χ4v) is 10.0. The molecule has 0 amide bonds. The van der Waals surface area contributed by atoms with Crippen molar-refractivity contribution in [1.82, 2.24) is 0 Å². The van der Waals surface area contributed by atoms with Gasteiger partial charge in [-0.3, -0.25) is 9.13 Å². The van der Waals surface area contributed by atoms with Gasteiger partial charge in [-0.15, -0.1) is 0 Å². The van der Waals surface area contributed by atoms with Crippen LogP contribution in [0.3, 0.4) is 0 Å². The lowest BCUT2D eigenvalue weighted by Crippen LogP contribution is -2.26. The average Bonchev–Trinajstić information content (AvgIpc) is 3.55. The average molecular weight is 567 g/mol. The molecule has 210 valence electrons. The van der Waals surface area contributed by atoms with E-state index in [4.69, 9.17) is 27.6 Å². The van der Waals surface area contributed by atoms with Gasteiger partial charge in [0.15, 0.2) is 0 Å². The number of rotatable bonds is 11. The smallest absolute Gasteiger partial charge is 0.362 e. The highest BCUT2D eigenvalue weighted by molar-refractivity contribution is 7.63. The Morgan fingerprint density at radius 2 is 0.789 bits per heavy atom. The second kappa shape index (κ2) is 11.6. The van der Waals surface area contributed by atoms with Crippen molar-refractivity contribution in [3.63, 3.8) is 0 Å². The van der Waals surface area contributed by atoms with Gasteiger partial charge in [-0.1, -0.05) is 0 Å². The van der Waals surface area contributed by atoms with Gasteiger partial charge in [-0.05, 0) is 99.9 Å². The highest BCUT2D eigenvalue weighted by atomic mass is 31.2. The van der Waals surface area contributed by atoms with Crippen molar-refractivity contribution < 1.29 is 36.7 Å². The first kappa shape index (κ1) is 29.6. The lowest BCUT2D eigenvalue weighted by atomic mass is 9.85. The molecule has 0 saturated heterocycles. The van der Waals surface area contributed by atoms with E-state index < -0.39 is 15.2 Å². The predicted octanol–water partition coefficient (Wildman–Crippen LogP) is 6.43. The normalized spacial score (nSPS) is 15.3. The Morgan fingerprint density at radius 3 is 1.05 bits per heavy atom. The van der Waals surface area contributed by atoms with Crippen LogP contribution in [0.5, 0.6) is 0 Å². The lowest BCUT2D eigenvalue weighted by molar-refractivity contribution is 0.134. The molecule has 2 aliphatic rings. The largest absolute Gasteiger partial charge is 0.372 e. The molecule has 2 aromatic rings. The fraction of sp³-hybridized carbons (Fsp3) is 0.571. The second-order valence-electron chi connectivity index (χ2n) is 9.51. The van der Waals surface area contributed by atoms with Crippen molar-refractivity contribution >= 4 is 25.8 Å². The van der Waals surface area contributed by atoms with Gasteiger partial charge in [0.1, 0.15) is 0 Å². The van der Waals surface area contributed by atoms with E-state index in [9.17, 15) is 9.13 Å². The quantitative estimate of drug-likeness (QED) is 0.288. The lowest BCUT2D eigenvalue weighted by Gasteiger charge is -2.30. The first-order chi connectivity index (χ1) is 18.1. The summed E-state index contributed by atoms with van der Waals surface area (Å²) in [6, 6.07) is 0. The fourth-order valence-electron chi connectivity index (χ4n) is 5.82. The van der Waals surface area contributed by atoms with Gasteiger partial charge in [-0.2, -0.15) is 0 Å². The molecule has 0 saturated carbocycles. The van der Waals surface area contributed by atoms with Crippen molar-refractivity contribution in [3.8, 4) is 11.1 Å². The van der Waals surface area contributed by atoms with E-state index in [2.05, 4.69) is 0 Å². The van der Waals surface area contributed by atoms with Gasteiger partial charge in [0, 0.05) is 11.1 Å². The highest BCUT2D eigenvalue weighted by Gasteiger charge is 2.42. The third kappa shape index (κ3) is 4.78. The van der Waals surface area contributed by atoms with Crippen LogP contribution >= 0.6 is 15.2 Å². The SMILES string of the molecule is CCOP(=O)(OCC)c1c(C)c2c(c(C)c1-c1c(C)c3c(c(C)c1P(=O)(OCC)OCC)COC3)COC2. The van der Waals surface area contributed by atoms with Crippen molar-refractivity contribution in [3.05, 3.63) is 44.5 Å². The first-order valence-corrected chi connectivity index (χ1v) is 16.4. The zero-order valence-corrected chi connectivity index (χ0v) is 25.6. The summed E-state index contributed by atoms with van der Waals surface area (Å²) >= 11 is 0. The summed E-state index contributed by atoms with van der Waals surface area (Å²) in [6.07, 6.45) is 0. The minimum Gasteiger partial charge on any atom is -0.372 e. The monoisotopic (exact) mass is 566 g/mol. The topological polar surface area (TPSA) is 89.5 Å². The molecule has 0 radical (unpaired) electrons. The Labute approximate surface area is 226 Å². The number of benzene rings is 2. The number of fused-ring (bicyclic) bond motifs is 2. The summed E-state index contributed by atoms with van der Waals surface area (Å²) < 4.78 is 64.6. The van der Waals surface area contributed by atoms with E-state index >= 15 is 0 Å². The van der Waals surface area contributed by atoms with Crippen LogP contribution in [0.25, 0.3) is 11.1 Å². The molecule has 0 bridgehead atoms. The first-order valence-electron chi connectivity index (χ1n) is 13.3. The Morgan fingerprint density at radius 1 is 0.526 bits per heavy atom. The van der Waals surface area contributed by atoms with Crippen LogP contribution in [0.15, 0.2) is 0 Å². The predicted molar refractivity (Wildman–Crippen MR) is 149 cm³/mol. The van der Waals surface area contributed by atoms with Crippen LogP contribution < -0.4 is 10.6 Å². The molecule has 0 N–H and O–H groups in total. The summed E-state index contributed by atoms with van der Waals surface area (Å²) in [6.45, 7) is 17.7. The molecular weight excluding hydrogens is 526 g/mol. The molecule has 0 atom stereocenters. The summed E-state index contributed by atoms with van der Waals surface area (Å²) in [4.78, 5) is 0. The molecule has 38 heavy (non-hydrogen) atoms. The Hall–Kier alpha value is -1.34. The highest BCUT2D eigenvalue weighted by Crippen LogP contribution is 2.56. The zero-order valence-electron chi connectivity index (χ0n) is 23.8. The molecular formula is C28H40O8P2. The molecule has 0 spiro atoms. The van der Waals surface area contributed by atoms with Gasteiger partial charge < -0.3 is 27.6 Å². The second-order valence-corrected chi connectivity index (χ2v) is 13.4. The number of hydrogen-bond donors (Lipinski definition) is 0. The molecule has 0 aromatic heterocycles. The molecule has 2 heterocycles. The minimum atomic E-state index is -3.79. The van der Waals surface area contributed by atoms with Gasteiger partial charge in [0.25, 0.3) is 0 Å². The van der Waals surface area contributed by atoms with Gasteiger partial charge in [0.05, 0.1) is 63.5 Å².